The van der Waals surface area contributed by atoms with E-state index in [-0.39, 0.29) is 5.91 Å². The molecule has 0 saturated heterocycles. The highest BCUT2D eigenvalue weighted by Crippen LogP contribution is 2.18. The van der Waals surface area contributed by atoms with Crippen molar-refractivity contribution in [1.29, 1.82) is 0 Å². The zero-order valence-electron chi connectivity index (χ0n) is 13.4. The summed E-state index contributed by atoms with van der Waals surface area (Å²) >= 11 is 0. The van der Waals surface area contributed by atoms with Crippen LogP contribution in [0.4, 0.5) is 0 Å². The lowest BCUT2D eigenvalue weighted by molar-refractivity contribution is -0.143. The summed E-state index contributed by atoms with van der Waals surface area (Å²) in [6.07, 6.45) is 3.09. The largest absolute Gasteiger partial charge is 0.467 e. The number of nitrogens with one attached hydrogen (secondary N) is 1. The smallest absolute Gasteiger partial charge is 0.334 e. The fourth-order valence-corrected chi connectivity index (χ4v) is 2.56. The molecule has 0 bridgehead atoms. The van der Waals surface area contributed by atoms with Crippen LogP contribution < -0.4 is 5.32 Å². The van der Waals surface area contributed by atoms with Crippen molar-refractivity contribution in [2.24, 2.45) is 7.05 Å². The number of nitrogens with zero attached hydrogens (tertiary/aromatic N) is 2. The molecule has 1 heterocycles. The fraction of sp³-hybridized carbons (Fsp3) is 0.167. The second kappa shape index (κ2) is 6.54. The van der Waals surface area contributed by atoms with E-state index in [9.17, 15) is 9.59 Å². The number of amides is 1. The molecule has 122 valence electrons. The molecule has 1 aromatic heterocycles. The van der Waals surface area contributed by atoms with Gasteiger partial charge >= 0.3 is 5.97 Å². The molecule has 3 rings (SSSR count). The number of benzene rings is 2. The van der Waals surface area contributed by atoms with E-state index in [2.05, 4.69) is 10.3 Å². The molecule has 1 atom stereocenters. The van der Waals surface area contributed by atoms with Crippen LogP contribution in [-0.2, 0) is 16.6 Å². The molecule has 0 saturated carbocycles. The first-order valence-electron chi connectivity index (χ1n) is 7.44. The fourth-order valence-electron chi connectivity index (χ4n) is 2.56. The number of fused-ring (bicyclic) bond motifs is 1. The first-order valence-corrected chi connectivity index (χ1v) is 7.44. The van der Waals surface area contributed by atoms with Crippen LogP contribution >= 0.6 is 0 Å². The van der Waals surface area contributed by atoms with E-state index in [4.69, 9.17) is 4.74 Å². The van der Waals surface area contributed by atoms with Gasteiger partial charge in [-0.1, -0.05) is 30.3 Å². The number of hydrogen-bond acceptors (Lipinski definition) is 4. The Labute approximate surface area is 139 Å². The number of carbonyl (C=O) groups excluding carboxylic acids is 2. The van der Waals surface area contributed by atoms with Crippen molar-refractivity contribution in [2.45, 2.75) is 6.04 Å². The average Bonchev–Trinajstić information content (AvgIpc) is 3.04. The lowest BCUT2D eigenvalue weighted by atomic mass is 10.1. The molecule has 2 aromatic carbocycles. The molecule has 0 aliphatic carbocycles. The molecule has 3 aromatic rings. The summed E-state index contributed by atoms with van der Waals surface area (Å²) < 4.78 is 6.47. The molecule has 0 radical (unpaired) electrons. The Bertz CT molecular complexity index is 901. The lowest BCUT2D eigenvalue weighted by Gasteiger charge is -2.17. The maximum absolute atomic E-state index is 12.6. The van der Waals surface area contributed by atoms with E-state index in [1.54, 1.807) is 30.1 Å². The highest BCUT2D eigenvalue weighted by Gasteiger charge is 2.26. The van der Waals surface area contributed by atoms with Gasteiger partial charge in [0.1, 0.15) is 0 Å². The summed E-state index contributed by atoms with van der Waals surface area (Å²) in [7, 11) is 3.04. The number of aryl methyl sites for hydroxylation is 1. The van der Waals surface area contributed by atoms with Gasteiger partial charge in [-0.05, 0) is 22.9 Å². The minimum absolute atomic E-state index is 0.350. The van der Waals surface area contributed by atoms with Crippen molar-refractivity contribution in [3.05, 3.63) is 66.2 Å². The molecule has 24 heavy (non-hydrogen) atoms. The van der Waals surface area contributed by atoms with Crippen LogP contribution in [0.2, 0.25) is 0 Å². The predicted octanol–water partition coefficient (Wildman–Crippen LogP) is 2.22. The molecule has 6 heteroatoms. The van der Waals surface area contributed by atoms with Gasteiger partial charge in [-0.15, -0.1) is 0 Å². The van der Waals surface area contributed by atoms with Crippen molar-refractivity contribution >= 4 is 22.6 Å². The van der Waals surface area contributed by atoms with E-state index in [1.165, 1.54) is 13.3 Å². The van der Waals surface area contributed by atoms with Crippen LogP contribution in [-0.4, -0.2) is 28.5 Å². The Morgan fingerprint density at radius 3 is 2.58 bits per heavy atom. The molecule has 0 unspecified atom stereocenters. The summed E-state index contributed by atoms with van der Waals surface area (Å²) in [5.41, 5.74) is 1.03. The van der Waals surface area contributed by atoms with Gasteiger partial charge in [-0.2, -0.15) is 0 Å². The van der Waals surface area contributed by atoms with Gasteiger partial charge in [0, 0.05) is 12.6 Å². The van der Waals surface area contributed by atoms with Crippen LogP contribution in [0.15, 0.2) is 55.0 Å². The summed E-state index contributed by atoms with van der Waals surface area (Å²) in [5.74, 6) is -0.898. The number of methoxy groups -OCH3 is 1. The summed E-state index contributed by atoms with van der Waals surface area (Å²) in [6, 6.07) is 12.3. The van der Waals surface area contributed by atoms with Gasteiger partial charge in [-0.25, -0.2) is 9.78 Å². The van der Waals surface area contributed by atoms with Crippen LogP contribution in [0, 0.1) is 0 Å². The first-order chi connectivity index (χ1) is 11.6. The van der Waals surface area contributed by atoms with E-state index < -0.39 is 12.0 Å². The normalized spacial score (nSPS) is 11.9. The van der Waals surface area contributed by atoms with Gasteiger partial charge in [0.05, 0.1) is 25.3 Å². The van der Waals surface area contributed by atoms with Crippen LogP contribution in [0.3, 0.4) is 0 Å². The maximum Gasteiger partial charge on any atom is 0.334 e. The minimum atomic E-state index is -0.915. The third-order valence-electron chi connectivity index (χ3n) is 3.87. The van der Waals surface area contributed by atoms with Crippen LogP contribution in [0.5, 0.6) is 0 Å². The molecule has 0 fully saturated rings. The Morgan fingerprint density at radius 2 is 1.92 bits per heavy atom. The minimum Gasteiger partial charge on any atom is -0.467 e. The number of rotatable bonds is 4. The number of aromatic nitrogens is 2. The number of carbonyl (C=O) groups is 2. The number of hydrogen-bond donors (Lipinski definition) is 1. The zero-order chi connectivity index (χ0) is 17.1. The molecule has 0 aliphatic heterocycles. The molecule has 6 nitrogen and oxygen atoms in total. The van der Waals surface area contributed by atoms with Gasteiger partial charge in [0.15, 0.2) is 6.04 Å². The van der Waals surface area contributed by atoms with Crippen molar-refractivity contribution in [3.8, 4) is 0 Å². The second-order valence-corrected chi connectivity index (χ2v) is 5.42. The maximum atomic E-state index is 12.6. The van der Waals surface area contributed by atoms with Crippen LogP contribution in [0.25, 0.3) is 10.8 Å². The number of esters is 1. The number of imidazole rings is 1. The third-order valence-corrected chi connectivity index (χ3v) is 3.87. The summed E-state index contributed by atoms with van der Waals surface area (Å²) in [5, 5.41) is 4.72. The molecule has 1 N–H and O–H groups in total. The number of ether oxygens (including phenoxy) is 1. The lowest BCUT2D eigenvalue weighted by Crippen LogP contribution is -2.35. The monoisotopic (exact) mass is 323 g/mol. The van der Waals surface area contributed by atoms with Gasteiger partial charge in [0.2, 0.25) is 0 Å². The van der Waals surface area contributed by atoms with Crippen molar-refractivity contribution in [3.63, 3.8) is 0 Å². The quantitative estimate of drug-likeness (QED) is 0.747. The van der Waals surface area contributed by atoms with E-state index in [0.717, 1.165) is 10.8 Å². The van der Waals surface area contributed by atoms with Gasteiger partial charge < -0.3 is 14.6 Å². The van der Waals surface area contributed by atoms with Crippen molar-refractivity contribution in [2.75, 3.05) is 7.11 Å². The average molecular weight is 323 g/mol. The Kier molecular flexibility index (Phi) is 4.29. The highest BCUT2D eigenvalue weighted by molar-refractivity contribution is 6.00. The SMILES string of the molecule is COC(=O)[C@@H](NC(=O)c1ccc2ccccc2c1)c1cncn1C. The Balaban J connectivity index is 1.89. The van der Waals surface area contributed by atoms with E-state index >= 15 is 0 Å². The standard InChI is InChI=1S/C18H17N3O3/c1-21-11-19-10-15(21)16(18(23)24-2)20-17(22)14-8-7-12-5-3-4-6-13(12)9-14/h3-11,16H,1-2H3,(H,20,22)/t16-/m0/s1. The van der Waals surface area contributed by atoms with Crippen LogP contribution in [0.1, 0.15) is 22.1 Å². The Morgan fingerprint density at radius 1 is 1.17 bits per heavy atom. The Hall–Kier alpha value is -3.15. The second-order valence-electron chi connectivity index (χ2n) is 5.42. The molecule has 1 amide bonds. The van der Waals surface area contributed by atoms with Crippen molar-refractivity contribution < 1.29 is 14.3 Å². The van der Waals surface area contributed by atoms with E-state index in [0.29, 0.717) is 11.3 Å². The zero-order valence-corrected chi connectivity index (χ0v) is 13.4. The molecule has 0 spiro atoms. The van der Waals surface area contributed by atoms with Gasteiger partial charge in [0.25, 0.3) is 5.91 Å². The predicted molar refractivity (Wildman–Crippen MR) is 89.4 cm³/mol. The van der Waals surface area contributed by atoms with Crippen molar-refractivity contribution in [1.82, 2.24) is 14.9 Å². The highest BCUT2D eigenvalue weighted by atomic mass is 16.5. The first kappa shape index (κ1) is 15.7. The third kappa shape index (κ3) is 2.99. The van der Waals surface area contributed by atoms with E-state index in [1.807, 2.05) is 30.3 Å². The van der Waals surface area contributed by atoms with Gasteiger partial charge in [-0.3, -0.25) is 4.79 Å². The molecular weight excluding hydrogens is 306 g/mol. The summed E-state index contributed by atoms with van der Waals surface area (Å²) in [6.45, 7) is 0. The molecular formula is C18H17N3O3. The topological polar surface area (TPSA) is 73.2 Å². The summed E-state index contributed by atoms with van der Waals surface area (Å²) in [4.78, 5) is 28.6. The molecule has 0 aliphatic rings.